The van der Waals surface area contributed by atoms with Gasteiger partial charge in [0.2, 0.25) is 0 Å². The molecular formula is C34H31ClF4N4O3. The quantitative estimate of drug-likeness (QED) is 0.198. The molecule has 5 rings (SSSR count). The van der Waals surface area contributed by atoms with E-state index in [2.05, 4.69) is 15.6 Å². The van der Waals surface area contributed by atoms with Crippen molar-refractivity contribution in [1.82, 2.24) is 20.7 Å². The van der Waals surface area contributed by atoms with Crippen LogP contribution in [0.1, 0.15) is 21.5 Å². The molecule has 1 heterocycles. The number of benzene rings is 4. The molecule has 1 aliphatic heterocycles. The van der Waals surface area contributed by atoms with Gasteiger partial charge in [0.15, 0.2) is 0 Å². The number of nitrogens with one attached hydrogen (secondary N) is 2. The first kappa shape index (κ1) is 32.9. The maximum Gasteiger partial charge on any atom is 0.416 e. The SMILES string of the molecule is CN1CCN(NC(=O)[C@H](Cc2ccc(-c3ccc(F)c(Cl)c3)cc2)NC(=O)c2cc(-c3ccc(C(F)(F)F)cc3)ccc2O)CC1. The van der Waals surface area contributed by atoms with Gasteiger partial charge >= 0.3 is 6.18 Å². The van der Waals surface area contributed by atoms with Crippen molar-refractivity contribution in [3.05, 3.63) is 112 Å². The molecule has 0 aromatic heterocycles. The van der Waals surface area contributed by atoms with Crippen LogP contribution in [-0.2, 0) is 17.4 Å². The summed E-state index contributed by atoms with van der Waals surface area (Å²) in [4.78, 5) is 29.2. The average molecular weight is 655 g/mol. The minimum atomic E-state index is -4.49. The highest BCUT2D eigenvalue weighted by Crippen LogP contribution is 2.32. The minimum Gasteiger partial charge on any atom is -0.507 e. The topological polar surface area (TPSA) is 84.9 Å². The van der Waals surface area contributed by atoms with Crippen LogP contribution in [0.5, 0.6) is 5.75 Å². The van der Waals surface area contributed by atoms with E-state index in [0.29, 0.717) is 29.8 Å². The molecule has 240 valence electrons. The smallest absolute Gasteiger partial charge is 0.416 e. The molecule has 1 saturated heterocycles. The summed E-state index contributed by atoms with van der Waals surface area (Å²) in [6.07, 6.45) is -4.39. The number of hydrogen-bond acceptors (Lipinski definition) is 5. The molecule has 4 aromatic rings. The molecule has 0 radical (unpaired) electrons. The molecule has 4 aromatic carbocycles. The molecule has 0 saturated carbocycles. The van der Waals surface area contributed by atoms with E-state index in [1.54, 1.807) is 35.3 Å². The van der Waals surface area contributed by atoms with Crippen molar-refractivity contribution in [2.45, 2.75) is 18.6 Å². The fourth-order valence-corrected chi connectivity index (χ4v) is 5.27. The van der Waals surface area contributed by atoms with Crippen LogP contribution >= 0.6 is 11.6 Å². The Kier molecular flexibility index (Phi) is 9.95. The zero-order valence-corrected chi connectivity index (χ0v) is 25.5. The van der Waals surface area contributed by atoms with Crippen molar-refractivity contribution < 1.29 is 32.3 Å². The maximum absolute atomic E-state index is 13.6. The number of alkyl halides is 3. The van der Waals surface area contributed by atoms with Gasteiger partial charge in [0.1, 0.15) is 17.6 Å². The van der Waals surface area contributed by atoms with E-state index in [1.165, 1.54) is 42.5 Å². The molecule has 1 atom stereocenters. The van der Waals surface area contributed by atoms with Crippen molar-refractivity contribution >= 4 is 23.4 Å². The normalized spacial score (nSPS) is 14.9. The standard InChI is InChI=1S/C34H31ClF4N4O3/c1-42-14-16-43(17-15-42)41-33(46)30(18-21-2-4-22(5-3-21)25-8-12-29(36)28(35)20-25)40-32(45)27-19-24(9-13-31(27)44)23-6-10-26(11-7-23)34(37,38)39/h2-13,19-20,30,44H,14-18H2,1H3,(H,40,45)(H,41,46)/t30-/m0/s1. The molecule has 46 heavy (non-hydrogen) atoms. The summed E-state index contributed by atoms with van der Waals surface area (Å²) in [5.74, 6) is -2.07. The monoisotopic (exact) mass is 654 g/mol. The fraction of sp³-hybridized carbons (Fsp3) is 0.235. The molecule has 0 aliphatic carbocycles. The number of amides is 2. The van der Waals surface area contributed by atoms with E-state index >= 15 is 0 Å². The lowest BCUT2D eigenvalue weighted by atomic mass is 9.99. The van der Waals surface area contributed by atoms with Crippen LogP contribution in [0.2, 0.25) is 5.02 Å². The number of hydrazine groups is 1. The van der Waals surface area contributed by atoms with Crippen LogP contribution in [-0.4, -0.2) is 66.1 Å². The van der Waals surface area contributed by atoms with Crippen LogP contribution in [0, 0.1) is 5.82 Å². The summed E-state index contributed by atoms with van der Waals surface area (Å²) in [6, 6.07) is 19.1. The maximum atomic E-state index is 13.6. The van der Waals surface area contributed by atoms with E-state index in [1.807, 2.05) is 7.05 Å². The number of nitrogens with zero attached hydrogens (tertiary/aromatic N) is 2. The summed E-state index contributed by atoms with van der Waals surface area (Å²) in [6.45, 7) is 2.68. The van der Waals surface area contributed by atoms with E-state index < -0.39 is 35.4 Å². The van der Waals surface area contributed by atoms with Crippen molar-refractivity contribution in [2.24, 2.45) is 0 Å². The summed E-state index contributed by atoms with van der Waals surface area (Å²) < 4.78 is 52.7. The molecule has 0 unspecified atom stereocenters. The first-order chi connectivity index (χ1) is 21.9. The van der Waals surface area contributed by atoms with Gasteiger partial charge in [-0.05, 0) is 71.3 Å². The van der Waals surface area contributed by atoms with Crippen LogP contribution in [0.15, 0.2) is 84.9 Å². The Morgan fingerprint density at radius 2 is 1.41 bits per heavy atom. The number of carbonyl (C=O) groups is 2. The number of hydrogen-bond donors (Lipinski definition) is 3. The number of aromatic hydroxyl groups is 1. The average Bonchev–Trinajstić information content (AvgIpc) is 3.03. The van der Waals surface area contributed by atoms with Crippen LogP contribution in [0.3, 0.4) is 0 Å². The first-order valence-corrected chi connectivity index (χ1v) is 14.8. The summed E-state index contributed by atoms with van der Waals surface area (Å²) >= 11 is 5.94. The second kappa shape index (κ2) is 13.9. The molecule has 1 aliphatic rings. The van der Waals surface area contributed by atoms with Crippen molar-refractivity contribution in [3.8, 4) is 28.0 Å². The number of carbonyl (C=O) groups excluding carboxylic acids is 2. The van der Waals surface area contributed by atoms with E-state index in [9.17, 15) is 32.3 Å². The highest BCUT2D eigenvalue weighted by molar-refractivity contribution is 6.31. The van der Waals surface area contributed by atoms with Gasteiger partial charge in [0, 0.05) is 32.6 Å². The third-order valence-electron chi connectivity index (χ3n) is 7.83. The van der Waals surface area contributed by atoms with Crippen molar-refractivity contribution in [3.63, 3.8) is 0 Å². The van der Waals surface area contributed by atoms with Gasteiger partial charge in [0.05, 0.1) is 16.1 Å². The number of halogens is 5. The van der Waals surface area contributed by atoms with E-state index in [4.69, 9.17) is 11.6 Å². The molecule has 2 amide bonds. The Balaban J connectivity index is 1.37. The molecule has 0 bridgehead atoms. The van der Waals surface area contributed by atoms with Crippen molar-refractivity contribution in [2.75, 3.05) is 33.2 Å². The van der Waals surface area contributed by atoms with Gasteiger partial charge in [-0.25, -0.2) is 9.40 Å². The fourth-order valence-electron chi connectivity index (χ4n) is 5.09. The van der Waals surface area contributed by atoms with Gasteiger partial charge in [-0.2, -0.15) is 13.2 Å². The zero-order valence-electron chi connectivity index (χ0n) is 24.7. The van der Waals surface area contributed by atoms with Crippen LogP contribution < -0.4 is 10.7 Å². The van der Waals surface area contributed by atoms with E-state index in [-0.39, 0.29) is 22.8 Å². The van der Waals surface area contributed by atoms with Crippen molar-refractivity contribution in [1.29, 1.82) is 0 Å². The second-order valence-electron chi connectivity index (χ2n) is 11.1. The predicted octanol–water partition coefficient (Wildman–Crippen LogP) is 6.16. The summed E-state index contributed by atoms with van der Waals surface area (Å²) in [5, 5.41) is 15.1. The van der Waals surface area contributed by atoms with E-state index in [0.717, 1.165) is 36.3 Å². The third kappa shape index (κ3) is 8.03. The summed E-state index contributed by atoms with van der Waals surface area (Å²) in [5.41, 5.74) is 4.96. The Bertz CT molecular complexity index is 1710. The lowest BCUT2D eigenvalue weighted by molar-refractivity contribution is -0.137. The highest BCUT2D eigenvalue weighted by Gasteiger charge is 2.30. The molecule has 1 fully saturated rings. The molecular weight excluding hydrogens is 624 g/mol. The molecule has 12 heteroatoms. The zero-order chi connectivity index (χ0) is 33.0. The second-order valence-corrected chi connectivity index (χ2v) is 11.5. The van der Waals surface area contributed by atoms with Gasteiger partial charge < -0.3 is 15.3 Å². The number of phenolic OH excluding ortho intramolecular Hbond substituents is 1. The van der Waals surface area contributed by atoms with Gasteiger partial charge in [-0.3, -0.25) is 15.0 Å². The Morgan fingerprint density at radius 3 is 2.02 bits per heavy atom. The first-order valence-electron chi connectivity index (χ1n) is 14.5. The molecule has 7 nitrogen and oxygen atoms in total. The lowest BCUT2D eigenvalue weighted by Gasteiger charge is -2.33. The summed E-state index contributed by atoms with van der Waals surface area (Å²) in [7, 11) is 1.98. The van der Waals surface area contributed by atoms with Crippen LogP contribution in [0.25, 0.3) is 22.3 Å². The molecule has 3 N–H and O–H groups in total. The third-order valence-corrected chi connectivity index (χ3v) is 8.12. The number of rotatable bonds is 8. The van der Waals surface area contributed by atoms with Gasteiger partial charge in [-0.15, -0.1) is 0 Å². The lowest BCUT2D eigenvalue weighted by Crippen LogP contribution is -2.57. The van der Waals surface area contributed by atoms with Gasteiger partial charge in [0.25, 0.3) is 11.8 Å². The Hall–Kier alpha value is -4.45. The Morgan fingerprint density at radius 1 is 0.848 bits per heavy atom. The Labute approximate surface area is 268 Å². The largest absolute Gasteiger partial charge is 0.507 e. The van der Waals surface area contributed by atoms with Crippen LogP contribution in [0.4, 0.5) is 17.6 Å². The number of phenols is 1. The predicted molar refractivity (Wildman–Crippen MR) is 168 cm³/mol. The minimum absolute atomic E-state index is 0.00410. The number of piperazine rings is 1. The van der Waals surface area contributed by atoms with Gasteiger partial charge in [-0.1, -0.05) is 60.1 Å². The molecule has 0 spiro atoms. The number of likely N-dealkylation sites (N-methyl/N-ethyl adjacent to an activating group) is 1. The highest BCUT2D eigenvalue weighted by atomic mass is 35.5.